The van der Waals surface area contributed by atoms with E-state index in [-0.39, 0.29) is 5.56 Å². The van der Waals surface area contributed by atoms with Crippen LogP contribution >= 0.6 is 23.8 Å². The first kappa shape index (κ1) is 12.7. The molecule has 1 aliphatic rings. The van der Waals surface area contributed by atoms with E-state index in [1.54, 1.807) is 6.07 Å². The van der Waals surface area contributed by atoms with Crippen LogP contribution in [0.4, 0.5) is 8.78 Å². The van der Waals surface area contributed by atoms with Gasteiger partial charge in [-0.25, -0.2) is 13.5 Å². The summed E-state index contributed by atoms with van der Waals surface area (Å²) in [5, 5.41) is 0.295. The van der Waals surface area contributed by atoms with Crippen molar-refractivity contribution in [1.29, 1.82) is 0 Å². The Kier molecular flexibility index (Phi) is 3.35. The van der Waals surface area contributed by atoms with Gasteiger partial charge in [-0.05, 0) is 30.3 Å². The molecule has 0 atom stereocenters. The number of hydrogen-bond donors (Lipinski definition) is 1. The maximum Gasteiger partial charge on any atom is 0.151 e. The molecule has 0 fully saturated rings. The molecule has 0 aromatic heterocycles. The van der Waals surface area contributed by atoms with Gasteiger partial charge in [0.15, 0.2) is 5.75 Å². The van der Waals surface area contributed by atoms with Gasteiger partial charge in [-0.3, -0.25) is 0 Å². The van der Waals surface area contributed by atoms with Crippen LogP contribution in [-0.4, -0.2) is 0 Å². The lowest BCUT2D eigenvalue weighted by molar-refractivity contribution is 0.581. The first-order chi connectivity index (χ1) is 9.15. The Bertz CT molecular complexity index is 651. The molecule has 0 unspecified atom stereocenters. The van der Waals surface area contributed by atoms with Crippen LogP contribution in [0.15, 0.2) is 30.3 Å². The minimum atomic E-state index is -0.507. The van der Waals surface area contributed by atoms with Crippen molar-refractivity contribution in [1.82, 2.24) is 4.72 Å². The summed E-state index contributed by atoms with van der Waals surface area (Å²) in [6.07, 6.45) is 0. The van der Waals surface area contributed by atoms with Crippen LogP contribution in [0.5, 0.6) is 5.75 Å². The van der Waals surface area contributed by atoms with Crippen LogP contribution < -0.4 is 8.91 Å². The summed E-state index contributed by atoms with van der Waals surface area (Å²) in [5.41, 5.74) is 1.31. The van der Waals surface area contributed by atoms with Gasteiger partial charge in [0.1, 0.15) is 23.9 Å². The van der Waals surface area contributed by atoms with Gasteiger partial charge in [-0.1, -0.05) is 11.6 Å². The molecule has 1 aliphatic heterocycles. The van der Waals surface area contributed by atoms with Crippen molar-refractivity contribution >= 4 is 23.8 Å². The lowest BCUT2D eigenvalue weighted by atomic mass is 10.0. The zero-order chi connectivity index (χ0) is 13.4. The SMILES string of the molecule is Fc1cc2c(c(-c3ccc(Cl)cc3F)c1)OSNC2. The highest BCUT2D eigenvalue weighted by atomic mass is 35.5. The van der Waals surface area contributed by atoms with E-state index in [1.807, 2.05) is 0 Å². The Morgan fingerprint density at radius 2 is 2.00 bits per heavy atom. The summed E-state index contributed by atoms with van der Waals surface area (Å²) >= 11 is 6.76. The normalized spacial score (nSPS) is 13.8. The molecule has 6 heteroatoms. The van der Waals surface area contributed by atoms with Gasteiger partial charge in [0.2, 0.25) is 0 Å². The second-order valence-electron chi connectivity index (χ2n) is 4.05. The topological polar surface area (TPSA) is 21.3 Å². The number of hydrogen-bond acceptors (Lipinski definition) is 3. The summed E-state index contributed by atoms with van der Waals surface area (Å²) in [4.78, 5) is 0. The second-order valence-corrected chi connectivity index (χ2v) is 5.11. The Morgan fingerprint density at radius 3 is 2.79 bits per heavy atom. The molecule has 0 bridgehead atoms. The minimum Gasteiger partial charge on any atom is -0.409 e. The fourth-order valence-electron chi connectivity index (χ4n) is 1.97. The zero-order valence-electron chi connectivity index (χ0n) is 9.54. The molecule has 0 spiro atoms. The number of rotatable bonds is 1. The van der Waals surface area contributed by atoms with Crippen LogP contribution in [0.3, 0.4) is 0 Å². The van der Waals surface area contributed by atoms with Crippen LogP contribution in [0.1, 0.15) is 5.56 Å². The maximum atomic E-state index is 14.0. The molecule has 2 aromatic rings. The third-order valence-electron chi connectivity index (χ3n) is 2.80. The summed E-state index contributed by atoms with van der Waals surface area (Å²) in [6, 6.07) is 6.91. The first-order valence-electron chi connectivity index (χ1n) is 5.49. The minimum absolute atomic E-state index is 0.266. The van der Waals surface area contributed by atoms with Crippen molar-refractivity contribution < 1.29 is 13.0 Å². The first-order valence-corrected chi connectivity index (χ1v) is 6.61. The van der Waals surface area contributed by atoms with Gasteiger partial charge >= 0.3 is 0 Å². The number of nitrogens with one attached hydrogen (secondary N) is 1. The lowest BCUT2D eigenvalue weighted by Gasteiger charge is -2.19. The quantitative estimate of drug-likeness (QED) is 0.625. The van der Waals surface area contributed by atoms with Crippen LogP contribution in [0.2, 0.25) is 5.02 Å². The zero-order valence-corrected chi connectivity index (χ0v) is 11.1. The molecule has 1 heterocycles. The van der Waals surface area contributed by atoms with Gasteiger partial charge in [-0.2, -0.15) is 0 Å². The number of fused-ring (bicyclic) bond motifs is 1. The second kappa shape index (κ2) is 5.00. The average Bonchev–Trinajstić information content (AvgIpc) is 2.38. The Balaban J connectivity index is 2.21. The van der Waals surface area contributed by atoms with E-state index in [0.717, 1.165) is 12.2 Å². The van der Waals surface area contributed by atoms with Gasteiger partial charge in [0.05, 0.1) is 0 Å². The molecule has 0 saturated heterocycles. The van der Waals surface area contributed by atoms with Crippen molar-refractivity contribution in [2.24, 2.45) is 0 Å². The van der Waals surface area contributed by atoms with Gasteiger partial charge in [0, 0.05) is 28.3 Å². The Morgan fingerprint density at radius 1 is 1.16 bits per heavy atom. The monoisotopic (exact) mass is 299 g/mol. The Labute approximate surface area is 118 Å². The highest BCUT2D eigenvalue weighted by molar-refractivity contribution is 7.93. The number of halogens is 3. The Hall–Kier alpha value is -1.30. The van der Waals surface area contributed by atoms with Crippen LogP contribution in [0, 0.1) is 11.6 Å². The van der Waals surface area contributed by atoms with E-state index in [4.69, 9.17) is 15.8 Å². The predicted molar refractivity (Wildman–Crippen MR) is 71.9 cm³/mol. The smallest absolute Gasteiger partial charge is 0.151 e. The van der Waals surface area contributed by atoms with E-state index < -0.39 is 11.6 Å². The molecule has 19 heavy (non-hydrogen) atoms. The molecule has 98 valence electrons. The standard InChI is InChI=1S/C13H8ClF2NOS/c14-8-1-2-10(12(16)4-8)11-5-9(15)3-7-6-17-19-18-13(7)11/h1-5,17H,6H2. The molecule has 0 saturated carbocycles. The molecule has 2 nitrogen and oxygen atoms in total. The van der Waals surface area contributed by atoms with E-state index in [2.05, 4.69) is 4.72 Å². The van der Waals surface area contributed by atoms with Crippen LogP contribution in [-0.2, 0) is 6.54 Å². The van der Waals surface area contributed by atoms with E-state index in [9.17, 15) is 8.78 Å². The molecule has 1 N–H and O–H groups in total. The average molecular weight is 300 g/mol. The third-order valence-corrected chi connectivity index (χ3v) is 3.55. The molecular formula is C13H8ClF2NOS. The van der Waals surface area contributed by atoms with Crippen molar-refractivity contribution in [2.45, 2.75) is 6.54 Å². The van der Waals surface area contributed by atoms with Crippen molar-refractivity contribution in [2.75, 3.05) is 0 Å². The van der Waals surface area contributed by atoms with Gasteiger partial charge in [0.25, 0.3) is 0 Å². The summed E-state index contributed by atoms with van der Waals surface area (Å²) in [6.45, 7) is 0.458. The van der Waals surface area contributed by atoms with E-state index >= 15 is 0 Å². The van der Waals surface area contributed by atoms with E-state index in [1.165, 1.54) is 24.3 Å². The summed E-state index contributed by atoms with van der Waals surface area (Å²) in [7, 11) is 0. The lowest BCUT2D eigenvalue weighted by Crippen LogP contribution is -2.13. The van der Waals surface area contributed by atoms with Crippen LogP contribution in [0.25, 0.3) is 11.1 Å². The fraction of sp³-hybridized carbons (Fsp3) is 0.0769. The van der Waals surface area contributed by atoms with Crippen molar-refractivity contribution in [3.8, 4) is 16.9 Å². The summed E-state index contributed by atoms with van der Waals surface area (Å²) in [5.74, 6) is -0.459. The molecule has 0 aliphatic carbocycles. The van der Waals surface area contributed by atoms with Crippen molar-refractivity contribution in [3.05, 3.63) is 52.6 Å². The summed E-state index contributed by atoms with van der Waals surface area (Å²) < 4.78 is 35.8. The highest BCUT2D eigenvalue weighted by Crippen LogP contribution is 2.39. The largest absolute Gasteiger partial charge is 0.409 e. The molecular weight excluding hydrogens is 292 g/mol. The van der Waals surface area contributed by atoms with Gasteiger partial charge < -0.3 is 4.18 Å². The fourth-order valence-corrected chi connectivity index (χ4v) is 2.68. The highest BCUT2D eigenvalue weighted by Gasteiger charge is 2.20. The van der Waals surface area contributed by atoms with Crippen molar-refractivity contribution in [3.63, 3.8) is 0 Å². The van der Waals surface area contributed by atoms with Gasteiger partial charge in [-0.15, -0.1) is 0 Å². The predicted octanol–water partition coefficient (Wildman–Crippen LogP) is 4.33. The molecule has 3 rings (SSSR count). The maximum absolute atomic E-state index is 14.0. The third kappa shape index (κ3) is 2.41. The van der Waals surface area contributed by atoms with E-state index in [0.29, 0.717) is 28.4 Å². The molecule has 2 aromatic carbocycles. The number of benzene rings is 2. The molecule has 0 radical (unpaired) electrons. The molecule has 0 amide bonds.